The number of hydrogen-bond donors (Lipinski definition) is 1. The van der Waals surface area contributed by atoms with Crippen molar-refractivity contribution in [2.24, 2.45) is 0 Å². The zero-order valence-corrected chi connectivity index (χ0v) is 13.7. The van der Waals surface area contributed by atoms with Gasteiger partial charge in [-0.3, -0.25) is 0 Å². The van der Waals surface area contributed by atoms with Gasteiger partial charge in [0, 0.05) is 26.5 Å². The zero-order valence-electron chi connectivity index (χ0n) is 10.4. The maximum Gasteiger partial charge on any atom is 0.0432 e. The van der Waals surface area contributed by atoms with Crippen molar-refractivity contribution in [3.05, 3.63) is 50.6 Å². The molecule has 96 valence electrons. The maximum atomic E-state index is 3.61. The minimum Gasteiger partial charge on any atom is -0.312 e. The van der Waals surface area contributed by atoms with Crippen molar-refractivity contribution in [1.82, 2.24) is 5.32 Å². The van der Waals surface area contributed by atoms with E-state index >= 15 is 0 Å². The molecule has 2 rings (SSSR count). The molecule has 0 saturated heterocycles. The lowest BCUT2D eigenvalue weighted by Gasteiger charge is -2.16. The summed E-state index contributed by atoms with van der Waals surface area (Å²) in [7, 11) is 2.02. The van der Waals surface area contributed by atoms with E-state index in [1.165, 1.54) is 20.5 Å². The van der Waals surface area contributed by atoms with Crippen LogP contribution in [0.25, 0.3) is 0 Å². The summed E-state index contributed by atoms with van der Waals surface area (Å²) < 4.78 is 1.21. The highest BCUT2D eigenvalue weighted by Crippen LogP contribution is 2.32. The molecular formula is C14H16BrNS2. The Morgan fingerprint density at radius 1 is 1.33 bits per heavy atom. The Balaban J connectivity index is 2.05. The largest absolute Gasteiger partial charge is 0.312 e. The molecule has 0 fully saturated rings. The number of halogens is 1. The molecule has 1 N–H and O–H groups in total. The van der Waals surface area contributed by atoms with Crippen molar-refractivity contribution in [3.8, 4) is 0 Å². The van der Waals surface area contributed by atoms with Gasteiger partial charge in [-0.15, -0.1) is 11.8 Å². The molecule has 0 aliphatic carbocycles. The molecule has 0 aliphatic rings. The van der Waals surface area contributed by atoms with Gasteiger partial charge in [-0.05, 0) is 52.5 Å². The predicted molar refractivity (Wildman–Crippen MR) is 85.7 cm³/mol. The standard InChI is InChI=1S/C14H16BrNS2/c1-10-5-3-4-6-14(10)18-9-13(16-2)11-7-17-8-12(11)15/h3-8,13,16H,9H2,1-2H3. The molecule has 0 radical (unpaired) electrons. The molecule has 4 heteroatoms. The lowest BCUT2D eigenvalue weighted by atomic mass is 10.2. The van der Waals surface area contributed by atoms with Crippen LogP contribution < -0.4 is 5.32 Å². The van der Waals surface area contributed by atoms with E-state index in [4.69, 9.17) is 0 Å². The monoisotopic (exact) mass is 341 g/mol. The SMILES string of the molecule is CNC(CSc1ccccc1C)c1cscc1Br. The molecular weight excluding hydrogens is 326 g/mol. The second-order valence-electron chi connectivity index (χ2n) is 4.09. The van der Waals surface area contributed by atoms with Gasteiger partial charge in [-0.2, -0.15) is 11.3 Å². The topological polar surface area (TPSA) is 12.0 Å². The molecule has 0 amide bonds. The van der Waals surface area contributed by atoms with Crippen LogP contribution in [0.15, 0.2) is 44.4 Å². The second kappa shape index (κ2) is 6.75. The Kier molecular flexibility index (Phi) is 5.30. The average molecular weight is 342 g/mol. The van der Waals surface area contributed by atoms with Gasteiger partial charge in [0.25, 0.3) is 0 Å². The molecule has 1 atom stereocenters. The summed E-state index contributed by atoms with van der Waals surface area (Å²) in [6.07, 6.45) is 0. The van der Waals surface area contributed by atoms with E-state index in [-0.39, 0.29) is 0 Å². The molecule has 0 spiro atoms. The summed E-state index contributed by atoms with van der Waals surface area (Å²) in [6, 6.07) is 8.93. The Labute approximate surface area is 125 Å². The third kappa shape index (κ3) is 3.38. The van der Waals surface area contributed by atoms with E-state index < -0.39 is 0 Å². The Bertz CT molecular complexity index is 510. The van der Waals surface area contributed by atoms with Crippen molar-refractivity contribution in [2.75, 3.05) is 12.8 Å². The normalized spacial score (nSPS) is 12.6. The number of aryl methyl sites for hydroxylation is 1. The second-order valence-corrected chi connectivity index (χ2v) is 6.75. The van der Waals surface area contributed by atoms with Crippen molar-refractivity contribution in [1.29, 1.82) is 0 Å². The molecule has 2 aromatic rings. The first-order valence-corrected chi connectivity index (χ1v) is 8.51. The molecule has 1 nitrogen and oxygen atoms in total. The van der Waals surface area contributed by atoms with Crippen LogP contribution >= 0.6 is 39.0 Å². The van der Waals surface area contributed by atoms with Gasteiger partial charge in [0.05, 0.1) is 0 Å². The fourth-order valence-electron chi connectivity index (χ4n) is 1.76. The third-order valence-corrected chi connectivity index (χ3v) is 5.89. The Hall–Kier alpha value is -0.290. The van der Waals surface area contributed by atoms with E-state index in [9.17, 15) is 0 Å². The summed E-state index contributed by atoms with van der Waals surface area (Å²) in [5, 5.41) is 7.74. The van der Waals surface area contributed by atoms with Crippen LogP contribution in [-0.4, -0.2) is 12.8 Å². The van der Waals surface area contributed by atoms with Crippen molar-refractivity contribution >= 4 is 39.0 Å². The van der Waals surface area contributed by atoms with Gasteiger partial charge < -0.3 is 5.32 Å². The average Bonchev–Trinajstić information content (AvgIpc) is 2.79. The number of nitrogens with one attached hydrogen (secondary N) is 1. The van der Waals surface area contributed by atoms with E-state index in [1.54, 1.807) is 11.3 Å². The Morgan fingerprint density at radius 3 is 2.72 bits per heavy atom. The molecule has 0 bridgehead atoms. The predicted octanol–water partition coefficient (Wildman–Crippen LogP) is 4.87. The summed E-state index contributed by atoms with van der Waals surface area (Å²) in [4.78, 5) is 1.36. The summed E-state index contributed by atoms with van der Waals surface area (Å²) in [6.45, 7) is 2.16. The zero-order chi connectivity index (χ0) is 13.0. The summed E-state index contributed by atoms with van der Waals surface area (Å²) >= 11 is 7.26. The molecule has 18 heavy (non-hydrogen) atoms. The number of hydrogen-bond acceptors (Lipinski definition) is 3. The van der Waals surface area contributed by atoms with Crippen LogP contribution in [0.1, 0.15) is 17.2 Å². The fraction of sp³-hybridized carbons (Fsp3) is 0.286. The van der Waals surface area contributed by atoms with Gasteiger partial charge in [0.15, 0.2) is 0 Å². The molecule has 0 aliphatic heterocycles. The molecule has 0 saturated carbocycles. The smallest absolute Gasteiger partial charge is 0.0432 e. The highest BCUT2D eigenvalue weighted by atomic mass is 79.9. The number of benzene rings is 1. The van der Waals surface area contributed by atoms with Gasteiger partial charge >= 0.3 is 0 Å². The minimum atomic E-state index is 0.384. The van der Waals surface area contributed by atoms with Gasteiger partial charge in [0.1, 0.15) is 0 Å². The maximum absolute atomic E-state index is 3.61. The first kappa shape index (κ1) is 14.1. The van der Waals surface area contributed by atoms with E-state index in [1.807, 2.05) is 18.8 Å². The van der Waals surface area contributed by atoms with Crippen molar-refractivity contribution in [3.63, 3.8) is 0 Å². The highest BCUT2D eigenvalue weighted by Gasteiger charge is 2.14. The lowest BCUT2D eigenvalue weighted by Crippen LogP contribution is -2.18. The van der Waals surface area contributed by atoms with Gasteiger partial charge in [0.2, 0.25) is 0 Å². The van der Waals surface area contributed by atoms with Gasteiger partial charge in [-0.1, -0.05) is 18.2 Å². The van der Waals surface area contributed by atoms with Crippen LogP contribution in [0.4, 0.5) is 0 Å². The highest BCUT2D eigenvalue weighted by molar-refractivity contribution is 9.10. The van der Waals surface area contributed by atoms with E-state index in [0.717, 1.165) is 5.75 Å². The fourth-order valence-corrected chi connectivity index (χ4v) is 4.55. The summed E-state index contributed by atoms with van der Waals surface area (Å²) in [5.74, 6) is 1.04. The molecule has 1 aromatic heterocycles. The van der Waals surface area contributed by atoms with Crippen LogP contribution in [0.5, 0.6) is 0 Å². The summed E-state index contributed by atoms with van der Waals surface area (Å²) in [5.41, 5.74) is 2.70. The molecule has 1 heterocycles. The van der Waals surface area contributed by atoms with E-state index in [0.29, 0.717) is 6.04 Å². The van der Waals surface area contributed by atoms with E-state index in [2.05, 4.69) is 63.2 Å². The van der Waals surface area contributed by atoms with Crippen LogP contribution in [0.3, 0.4) is 0 Å². The third-order valence-electron chi connectivity index (χ3n) is 2.87. The number of rotatable bonds is 5. The van der Waals surface area contributed by atoms with Crippen molar-refractivity contribution in [2.45, 2.75) is 17.9 Å². The van der Waals surface area contributed by atoms with Gasteiger partial charge in [-0.25, -0.2) is 0 Å². The molecule has 1 aromatic carbocycles. The number of thiophene rings is 1. The Morgan fingerprint density at radius 2 is 2.11 bits per heavy atom. The number of thioether (sulfide) groups is 1. The van der Waals surface area contributed by atoms with Crippen LogP contribution in [0, 0.1) is 6.92 Å². The first-order chi connectivity index (χ1) is 8.72. The minimum absolute atomic E-state index is 0.384. The van der Waals surface area contributed by atoms with Crippen molar-refractivity contribution < 1.29 is 0 Å². The van der Waals surface area contributed by atoms with Crippen LogP contribution in [-0.2, 0) is 0 Å². The van der Waals surface area contributed by atoms with Crippen LogP contribution in [0.2, 0.25) is 0 Å². The lowest BCUT2D eigenvalue weighted by molar-refractivity contribution is 0.661. The molecule has 1 unspecified atom stereocenters. The quantitative estimate of drug-likeness (QED) is 0.778. The first-order valence-electron chi connectivity index (χ1n) is 5.79.